The van der Waals surface area contributed by atoms with Gasteiger partial charge in [-0.15, -0.1) is 21.5 Å². The molecular weight excluding hydrogens is 709 g/mol. The Balaban J connectivity index is 0.864. The number of para-hydroxylation sites is 1. The molecule has 1 fully saturated rings. The van der Waals surface area contributed by atoms with Gasteiger partial charge in [-0.25, -0.2) is 0 Å². The topological polar surface area (TPSA) is 125 Å². The van der Waals surface area contributed by atoms with Gasteiger partial charge in [0, 0.05) is 70.1 Å². The third-order valence-electron chi connectivity index (χ3n) is 11.2. The molecule has 0 unspecified atom stereocenters. The Hall–Kier alpha value is -5.62. The smallest absolute Gasteiger partial charge is 0.253 e. The maximum atomic E-state index is 13.6. The normalized spacial score (nSPS) is 18.1. The molecule has 282 valence electrons. The maximum absolute atomic E-state index is 13.6. The molecule has 0 bridgehead atoms. The van der Waals surface area contributed by atoms with Crippen LogP contribution in [0.3, 0.4) is 0 Å². The average Bonchev–Trinajstić information content (AvgIpc) is 3.65. The third-order valence-corrected chi connectivity index (χ3v) is 12.4. The zero-order valence-electron chi connectivity index (χ0n) is 31.9. The maximum Gasteiger partial charge on any atom is 0.253 e. The Kier molecular flexibility index (Phi) is 9.85. The Labute approximate surface area is 325 Å². The van der Waals surface area contributed by atoms with Crippen LogP contribution in [0, 0.1) is 20.8 Å². The second kappa shape index (κ2) is 14.9. The van der Waals surface area contributed by atoms with E-state index < -0.39 is 0 Å². The van der Waals surface area contributed by atoms with E-state index in [0.29, 0.717) is 50.0 Å². The molecule has 55 heavy (non-hydrogen) atoms. The van der Waals surface area contributed by atoms with Crippen LogP contribution in [-0.2, 0) is 11.3 Å². The van der Waals surface area contributed by atoms with E-state index >= 15 is 0 Å². The standard InChI is InChI=1S/C43H46N8O3S/c1-6-38(52)50-25(2)23-35(34-9-7-8-10-36(34)50)45-32-17-15-30(16-18-32)41(53)46-33-19-21-49(22-20-33)42(54)31-13-11-29(12-14-31)40-39-26(3)27(4)55-43(39)51-28(5)47-48-37(51)24-44-40/h7-18,25,33,35,45H,6,19-24H2,1-5H3,(H,46,53)/t25-,35+/m0/s1. The van der Waals surface area contributed by atoms with Gasteiger partial charge >= 0.3 is 0 Å². The van der Waals surface area contributed by atoms with Gasteiger partial charge < -0.3 is 20.4 Å². The van der Waals surface area contributed by atoms with Gasteiger partial charge in [-0.3, -0.25) is 23.9 Å². The highest BCUT2D eigenvalue weighted by atomic mass is 32.1. The van der Waals surface area contributed by atoms with Crippen molar-refractivity contribution in [3.05, 3.63) is 123 Å². The molecule has 12 heteroatoms. The summed E-state index contributed by atoms with van der Waals surface area (Å²) < 4.78 is 2.11. The molecule has 8 rings (SSSR count). The summed E-state index contributed by atoms with van der Waals surface area (Å²) in [4.78, 5) is 49.6. The number of aromatic nitrogens is 3. The number of fused-ring (bicyclic) bond motifs is 4. The Morgan fingerprint density at radius 1 is 0.891 bits per heavy atom. The molecule has 3 aromatic carbocycles. The van der Waals surface area contributed by atoms with Crippen LogP contribution in [0.5, 0.6) is 0 Å². The van der Waals surface area contributed by atoms with Crippen molar-refractivity contribution in [3.8, 4) is 5.00 Å². The van der Waals surface area contributed by atoms with Gasteiger partial charge in [0.2, 0.25) is 5.91 Å². The molecule has 5 aromatic rings. The minimum atomic E-state index is -0.118. The van der Waals surface area contributed by atoms with Gasteiger partial charge in [-0.1, -0.05) is 37.3 Å². The summed E-state index contributed by atoms with van der Waals surface area (Å²) in [6.45, 7) is 11.8. The first-order chi connectivity index (χ1) is 26.6. The van der Waals surface area contributed by atoms with Crippen LogP contribution in [0.25, 0.3) is 5.00 Å². The summed E-state index contributed by atoms with van der Waals surface area (Å²) in [5.41, 5.74) is 8.37. The summed E-state index contributed by atoms with van der Waals surface area (Å²) in [6, 6.07) is 23.5. The lowest BCUT2D eigenvalue weighted by molar-refractivity contribution is -0.118. The van der Waals surface area contributed by atoms with Crippen LogP contribution in [-0.4, -0.2) is 68.3 Å². The SMILES string of the molecule is CCC(=O)N1c2ccccc2[C@H](Nc2ccc(C(=O)NC3CCN(C(=O)c4ccc(C5=NCc6nnc(C)n6-c6sc(C)c(C)c65)cc4)CC3)cc2)C[C@@H]1C. The molecule has 5 heterocycles. The number of hydrogen-bond donors (Lipinski definition) is 2. The molecule has 0 saturated carbocycles. The summed E-state index contributed by atoms with van der Waals surface area (Å²) >= 11 is 1.73. The molecule has 3 aliphatic heterocycles. The zero-order chi connectivity index (χ0) is 38.4. The van der Waals surface area contributed by atoms with Crippen molar-refractivity contribution in [2.75, 3.05) is 23.3 Å². The molecule has 2 aromatic heterocycles. The second-order valence-corrected chi connectivity index (χ2v) is 16.0. The van der Waals surface area contributed by atoms with E-state index in [0.717, 1.165) is 56.8 Å². The minimum absolute atomic E-state index is 0.00745. The van der Waals surface area contributed by atoms with Crippen molar-refractivity contribution >= 4 is 46.1 Å². The number of piperidine rings is 1. The number of thiophene rings is 1. The number of carbonyl (C=O) groups excluding carboxylic acids is 3. The zero-order valence-corrected chi connectivity index (χ0v) is 32.7. The Bertz CT molecular complexity index is 2300. The van der Waals surface area contributed by atoms with Gasteiger partial charge in [0.1, 0.15) is 17.4 Å². The summed E-state index contributed by atoms with van der Waals surface area (Å²) in [7, 11) is 0. The van der Waals surface area contributed by atoms with Gasteiger partial charge in [0.25, 0.3) is 11.8 Å². The third kappa shape index (κ3) is 6.84. The van der Waals surface area contributed by atoms with E-state index in [1.807, 2.05) is 90.4 Å². The number of amides is 3. The summed E-state index contributed by atoms with van der Waals surface area (Å²) in [5.74, 6) is 1.67. The van der Waals surface area contributed by atoms with Crippen LogP contribution in [0.15, 0.2) is 77.8 Å². The number of carbonyl (C=O) groups is 3. The number of nitrogens with one attached hydrogen (secondary N) is 2. The molecule has 0 aliphatic carbocycles. The lowest BCUT2D eigenvalue weighted by Crippen LogP contribution is -2.46. The van der Waals surface area contributed by atoms with Crippen molar-refractivity contribution in [3.63, 3.8) is 0 Å². The van der Waals surface area contributed by atoms with E-state index in [1.54, 1.807) is 11.3 Å². The molecule has 0 radical (unpaired) electrons. The first-order valence-corrected chi connectivity index (χ1v) is 20.0. The molecular formula is C43H46N8O3S. The van der Waals surface area contributed by atoms with E-state index in [4.69, 9.17) is 4.99 Å². The quantitative estimate of drug-likeness (QED) is 0.179. The van der Waals surface area contributed by atoms with Crippen LogP contribution < -0.4 is 15.5 Å². The molecule has 2 atom stereocenters. The van der Waals surface area contributed by atoms with E-state index in [9.17, 15) is 14.4 Å². The van der Waals surface area contributed by atoms with E-state index in [2.05, 4.69) is 52.2 Å². The van der Waals surface area contributed by atoms with Gasteiger partial charge in [-0.05, 0) is 101 Å². The monoisotopic (exact) mass is 754 g/mol. The van der Waals surface area contributed by atoms with Crippen molar-refractivity contribution in [2.24, 2.45) is 4.99 Å². The molecule has 3 aliphatic rings. The van der Waals surface area contributed by atoms with E-state index in [1.165, 1.54) is 10.4 Å². The number of aliphatic imine (C=N–C) groups is 1. The second-order valence-electron chi connectivity index (χ2n) is 14.8. The highest BCUT2D eigenvalue weighted by Crippen LogP contribution is 2.40. The highest BCUT2D eigenvalue weighted by molar-refractivity contribution is 7.15. The fourth-order valence-electron chi connectivity index (χ4n) is 8.15. The average molecular weight is 755 g/mol. The fourth-order valence-corrected chi connectivity index (χ4v) is 9.38. The Morgan fingerprint density at radius 3 is 2.33 bits per heavy atom. The number of benzene rings is 3. The van der Waals surface area contributed by atoms with Crippen LogP contribution in [0.1, 0.15) is 105 Å². The number of rotatable bonds is 7. The molecule has 1 saturated heterocycles. The van der Waals surface area contributed by atoms with Crippen LogP contribution in [0.2, 0.25) is 0 Å². The molecule has 2 N–H and O–H groups in total. The lowest BCUT2D eigenvalue weighted by atomic mass is 9.91. The lowest BCUT2D eigenvalue weighted by Gasteiger charge is -2.40. The molecule has 0 spiro atoms. The van der Waals surface area contributed by atoms with Crippen LogP contribution >= 0.6 is 11.3 Å². The van der Waals surface area contributed by atoms with E-state index in [-0.39, 0.29) is 35.8 Å². The number of anilines is 2. The Morgan fingerprint density at radius 2 is 1.60 bits per heavy atom. The molecule has 11 nitrogen and oxygen atoms in total. The summed E-state index contributed by atoms with van der Waals surface area (Å²) in [6.07, 6.45) is 2.63. The van der Waals surface area contributed by atoms with Crippen molar-refractivity contribution in [1.82, 2.24) is 25.0 Å². The summed E-state index contributed by atoms with van der Waals surface area (Å²) in [5, 5.41) is 16.6. The van der Waals surface area contributed by atoms with Crippen LogP contribution in [0.4, 0.5) is 11.4 Å². The highest BCUT2D eigenvalue weighted by Gasteiger charge is 2.33. The number of likely N-dealkylation sites (tertiary alicyclic amines) is 1. The minimum Gasteiger partial charge on any atom is -0.378 e. The van der Waals surface area contributed by atoms with Crippen molar-refractivity contribution in [2.45, 2.75) is 85.0 Å². The number of hydrogen-bond acceptors (Lipinski definition) is 8. The number of nitrogens with zero attached hydrogens (tertiary/aromatic N) is 6. The van der Waals surface area contributed by atoms with Gasteiger partial charge in [0.05, 0.1) is 11.8 Å². The first kappa shape index (κ1) is 36.4. The van der Waals surface area contributed by atoms with Crippen molar-refractivity contribution in [1.29, 1.82) is 0 Å². The largest absolute Gasteiger partial charge is 0.378 e. The van der Waals surface area contributed by atoms with Gasteiger partial charge in [0.15, 0.2) is 5.82 Å². The fraction of sp³-hybridized carbons (Fsp3) is 0.349. The number of aryl methyl sites for hydroxylation is 2. The first-order valence-electron chi connectivity index (χ1n) is 19.2. The predicted octanol–water partition coefficient (Wildman–Crippen LogP) is 7.33. The predicted molar refractivity (Wildman–Crippen MR) is 217 cm³/mol. The molecule has 3 amide bonds. The van der Waals surface area contributed by atoms with Gasteiger partial charge in [-0.2, -0.15) is 0 Å². The van der Waals surface area contributed by atoms with Crippen molar-refractivity contribution < 1.29 is 14.4 Å².